The summed E-state index contributed by atoms with van der Waals surface area (Å²) in [4.78, 5) is 0.121. The van der Waals surface area contributed by atoms with Crippen LogP contribution in [0.4, 0.5) is 0 Å². The lowest BCUT2D eigenvalue weighted by molar-refractivity contribution is 0.287. The molecule has 0 unspecified atom stereocenters. The first-order valence-electron chi connectivity index (χ1n) is 6.89. The second kappa shape index (κ2) is 8.57. The molecule has 0 spiro atoms. The molecule has 1 aromatic rings. The summed E-state index contributed by atoms with van der Waals surface area (Å²) >= 11 is 0. The number of sulfonamides is 1. The van der Waals surface area contributed by atoms with Crippen LogP contribution >= 0.6 is 12.4 Å². The first-order valence-corrected chi connectivity index (χ1v) is 8.37. The summed E-state index contributed by atoms with van der Waals surface area (Å²) in [5.74, 6) is 0.934. The maximum absolute atomic E-state index is 12.4. The van der Waals surface area contributed by atoms with Crippen LogP contribution < -0.4 is 19.9 Å². The molecule has 0 aliphatic carbocycles. The maximum Gasteiger partial charge on any atom is 0.241 e. The minimum atomic E-state index is -3.67. The zero-order chi connectivity index (χ0) is 16.1. The van der Waals surface area contributed by atoms with Crippen molar-refractivity contribution in [2.45, 2.75) is 38.1 Å². The Bertz CT molecular complexity index is 576. The third-order valence-electron chi connectivity index (χ3n) is 2.75. The molecule has 3 N–H and O–H groups in total. The zero-order valence-corrected chi connectivity index (χ0v) is 15.0. The van der Waals surface area contributed by atoms with E-state index in [-0.39, 0.29) is 23.8 Å². The first-order chi connectivity index (χ1) is 9.75. The summed E-state index contributed by atoms with van der Waals surface area (Å²) in [5, 5.41) is 0. The lowest BCUT2D eigenvalue weighted by Crippen LogP contribution is -2.48. The van der Waals surface area contributed by atoms with Crippen molar-refractivity contribution in [3.05, 3.63) is 18.2 Å². The van der Waals surface area contributed by atoms with Gasteiger partial charge in [0.25, 0.3) is 0 Å². The van der Waals surface area contributed by atoms with Crippen molar-refractivity contribution in [2.75, 3.05) is 19.8 Å². The number of halogens is 1. The lowest BCUT2D eigenvalue weighted by atomic mass is 10.1. The Morgan fingerprint density at radius 2 is 1.68 bits per heavy atom. The highest BCUT2D eigenvalue weighted by Crippen LogP contribution is 2.30. The smallest absolute Gasteiger partial charge is 0.241 e. The lowest BCUT2D eigenvalue weighted by Gasteiger charge is -2.24. The van der Waals surface area contributed by atoms with Crippen LogP contribution in [0.2, 0.25) is 0 Å². The third kappa shape index (κ3) is 5.64. The largest absolute Gasteiger partial charge is 0.490 e. The molecule has 1 rings (SSSR count). The van der Waals surface area contributed by atoms with Gasteiger partial charge < -0.3 is 15.2 Å². The van der Waals surface area contributed by atoms with Gasteiger partial charge >= 0.3 is 0 Å². The molecule has 0 saturated carbocycles. The summed E-state index contributed by atoms with van der Waals surface area (Å²) in [7, 11) is -3.67. The van der Waals surface area contributed by atoms with Gasteiger partial charge in [0.1, 0.15) is 0 Å². The van der Waals surface area contributed by atoms with Crippen LogP contribution in [0.15, 0.2) is 23.1 Å². The van der Waals surface area contributed by atoms with Crippen LogP contribution in [-0.4, -0.2) is 33.7 Å². The molecule has 22 heavy (non-hydrogen) atoms. The van der Waals surface area contributed by atoms with Crippen LogP contribution in [0.5, 0.6) is 11.5 Å². The van der Waals surface area contributed by atoms with Crippen molar-refractivity contribution in [1.82, 2.24) is 4.72 Å². The molecule has 0 bridgehead atoms. The highest BCUT2D eigenvalue weighted by atomic mass is 35.5. The highest BCUT2D eigenvalue weighted by molar-refractivity contribution is 7.89. The highest BCUT2D eigenvalue weighted by Gasteiger charge is 2.25. The number of rotatable bonds is 8. The van der Waals surface area contributed by atoms with Gasteiger partial charge in [0.05, 0.1) is 18.1 Å². The second-order valence-electron chi connectivity index (χ2n) is 5.17. The Hall–Kier alpha value is -1.02. The molecule has 0 atom stereocenters. The fourth-order valence-corrected chi connectivity index (χ4v) is 3.10. The molecule has 0 amide bonds. The third-order valence-corrected chi connectivity index (χ3v) is 4.44. The van der Waals surface area contributed by atoms with Crippen LogP contribution in [-0.2, 0) is 10.0 Å². The van der Waals surface area contributed by atoms with E-state index in [2.05, 4.69) is 4.72 Å². The minimum absolute atomic E-state index is 0. The molecule has 0 fully saturated rings. The number of hydrogen-bond donors (Lipinski definition) is 2. The molecule has 0 heterocycles. The SMILES string of the molecule is CCOc1ccc(S(=O)(=O)NC(C)(C)CN)cc1OCC.Cl. The van der Waals surface area contributed by atoms with E-state index >= 15 is 0 Å². The van der Waals surface area contributed by atoms with Crippen LogP contribution in [0, 0.1) is 0 Å². The van der Waals surface area contributed by atoms with E-state index in [1.165, 1.54) is 12.1 Å². The van der Waals surface area contributed by atoms with Crippen LogP contribution in [0.1, 0.15) is 27.7 Å². The van der Waals surface area contributed by atoms with Gasteiger partial charge in [-0.25, -0.2) is 13.1 Å². The van der Waals surface area contributed by atoms with Gasteiger partial charge in [-0.1, -0.05) is 0 Å². The van der Waals surface area contributed by atoms with E-state index in [0.717, 1.165) is 0 Å². The molecule has 0 aliphatic heterocycles. The monoisotopic (exact) mass is 352 g/mol. The molecular weight excluding hydrogens is 328 g/mol. The number of hydrogen-bond acceptors (Lipinski definition) is 5. The molecule has 0 radical (unpaired) electrons. The molecule has 6 nitrogen and oxygen atoms in total. The minimum Gasteiger partial charge on any atom is -0.490 e. The van der Waals surface area contributed by atoms with Gasteiger partial charge in [0.15, 0.2) is 11.5 Å². The summed E-state index contributed by atoms with van der Waals surface area (Å²) in [6.07, 6.45) is 0. The Balaban J connectivity index is 0.00000441. The predicted molar refractivity (Wildman–Crippen MR) is 89.5 cm³/mol. The van der Waals surface area contributed by atoms with Crippen LogP contribution in [0.3, 0.4) is 0 Å². The first kappa shape index (κ1) is 21.0. The summed E-state index contributed by atoms with van der Waals surface area (Å²) in [6.45, 7) is 8.22. The fraction of sp³-hybridized carbons (Fsp3) is 0.571. The van der Waals surface area contributed by atoms with Gasteiger partial charge in [0, 0.05) is 18.2 Å². The van der Waals surface area contributed by atoms with Crippen molar-refractivity contribution in [3.63, 3.8) is 0 Å². The molecule has 1 aromatic carbocycles. The standard InChI is InChI=1S/C14H24N2O4S.ClH/c1-5-19-12-8-7-11(9-13(12)20-6-2)21(17,18)16-14(3,4)10-15;/h7-9,16H,5-6,10,15H2,1-4H3;1H. The topological polar surface area (TPSA) is 90.7 Å². The maximum atomic E-state index is 12.4. The Morgan fingerprint density at radius 3 is 2.18 bits per heavy atom. The Labute approximate surface area is 138 Å². The summed E-state index contributed by atoms with van der Waals surface area (Å²) in [6, 6.07) is 4.55. The van der Waals surface area contributed by atoms with Gasteiger partial charge in [-0.2, -0.15) is 0 Å². The quantitative estimate of drug-likeness (QED) is 0.746. The molecule has 0 aliphatic rings. The van der Waals surface area contributed by atoms with Gasteiger partial charge in [-0.3, -0.25) is 0 Å². The van der Waals surface area contributed by atoms with Crippen molar-refractivity contribution >= 4 is 22.4 Å². The molecule has 0 saturated heterocycles. The fourth-order valence-electron chi connectivity index (χ4n) is 1.66. The van der Waals surface area contributed by atoms with E-state index in [1.54, 1.807) is 19.9 Å². The van der Waals surface area contributed by atoms with Crippen LogP contribution in [0.25, 0.3) is 0 Å². The molecule has 8 heteroatoms. The van der Waals surface area contributed by atoms with Crippen molar-refractivity contribution in [1.29, 1.82) is 0 Å². The van der Waals surface area contributed by atoms with E-state index < -0.39 is 15.6 Å². The second-order valence-corrected chi connectivity index (χ2v) is 6.85. The molecular formula is C14H25ClN2O4S. The zero-order valence-electron chi connectivity index (χ0n) is 13.4. The molecule has 128 valence electrons. The average molecular weight is 353 g/mol. The van der Waals surface area contributed by atoms with Gasteiger partial charge in [-0.05, 0) is 39.8 Å². The summed E-state index contributed by atoms with van der Waals surface area (Å²) < 4.78 is 38.2. The van der Waals surface area contributed by atoms with Crippen molar-refractivity contribution in [2.24, 2.45) is 5.73 Å². The van der Waals surface area contributed by atoms with E-state index in [0.29, 0.717) is 24.7 Å². The van der Waals surface area contributed by atoms with E-state index in [1.807, 2.05) is 13.8 Å². The average Bonchev–Trinajstić information content (AvgIpc) is 2.40. The number of nitrogens with one attached hydrogen (secondary N) is 1. The van der Waals surface area contributed by atoms with E-state index in [4.69, 9.17) is 15.2 Å². The number of ether oxygens (including phenoxy) is 2. The predicted octanol–water partition coefficient (Wildman–Crippen LogP) is 1.92. The number of benzene rings is 1. The Morgan fingerprint density at radius 1 is 1.14 bits per heavy atom. The van der Waals surface area contributed by atoms with E-state index in [9.17, 15) is 8.42 Å². The van der Waals surface area contributed by atoms with Crippen molar-refractivity contribution in [3.8, 4) is 11.5 Å². The van der Waals surface area contributed by atoms with Crippen molar-refractivity contribution < 1.29 is 17.9 Å². The summed E-state index contributed by atoms with van der Waals surface area (Å²) in [5.41, 5.74) is 4.84. The normalized spacial score (nSPS) is 11.7. The Kier molecular flexibility index (Phi) is 8.17. The van der Waals surface area contributed by atoms with Gasteiger partial charge in [-0.15, -0.1) is 12.4 Å². The number of nitrogens with two attached hydrogens (primary N) is 1. The molecule has 0 aromatic heterocycles. The van der Waals surface area contributed by atoms with Gasteiger partial charge in [0.2, 0.25) is 10.0 Å².